The second kappa shape index (κ2) is 16.6. The third-order valence-corrected chi connectivity index (χ3v) is 8.86. The zero-order valence-corrected chi connectivity index (χ0v) is 25.8. The van der Waals surface area contributed by atoms with Crippen LogP contribution in [0.3, 0.4) is 0 Å². The third kappa shape index (κ3) is 9.07. The first-order valence-corrected chi connectivity index (χ1v) is 15.6. The van der Waals surface area contributed by atoms with Crippen LogP contribution < -0.4 is 5.32 Å². The maximum atomic E-state index is 11.5. The summed E-state index contributed by atoms with van der Waals surface area (Å²) < 4.78 is 6.74. The number of nitrogens with zero attached hydrogens (tertiary/aromatic N) is 7. The van der Waals surface area contributed by atoms with Gasteiger partial charge < -0.3 is 34.3 Å². The molecule has 3 saturated heterocycles. The van der Waals surface area contributed by atoms with Crippen molar-refractivity contribution in [3.8, 4) is 0 Å². The summed E-state index contributed by atoms with van der Waals surface area (Å²) >= 11 is 14.4. The van der Waals surface area contributed by atoms with Gasteiger partial charge in [-0.2, -0.15) is 0 Å². The van der Waals surface area contributed by atoms with Gasteiger partial charge in [0.25, 0.3) is 6.20 Å². The minimum absolute atomic E-state index is 0. The summed E-state index contributed by atoms with van der Waals surface area (Å²) in [5, 5.41) is 24.8. The molecule has 2 aromatic rings. The summed E-state index contributed by atoms with van der Waals surface area (Å²) in [6, 6.07) is 0. The second-order valence-corrected chi connectivity index (χ2v) is 12.9. The number of nitro groups is 2. The van der Waals surface area contributed by atoms with Crippen molar-refractivity contribution in [2.45, 2.75) is 58.5 Å². The highest BCUT2D eigenvalue weighted by Crippen LogP contribution is 2.41. The maximum Gasteiger partial charge on any atom is 0.314 e. The molecular formula is C25H32Cl2N8O7S2. The summed E-state index contributed by atoms with van der Waals surface area (Å²) in [7, 11) is 0. The second-order valence-electron chi connectivity index (χ2n) is 9.46. The average molecular weight is 692 g/mol. The molecule has 1 N–H and O–H groups in total. The van der Waals surface area contributed by atoms with Crippen LogP contribution >= 0.6 is 45.9 Å². The van der Waals surface area contributed by atoms with E-state index in [9.17, 15) is 29.8 Å². The largest absolute Gasteiger partial charge is 0.365 e. The predicted octanol–water partition coefficient (Wildman–Crippen LogP) is 3.96. The fourth-order valence-electron chi connectivity index (χ4n) is 4.93. The van der Waals surface area contributed by atoms with Gasteiger partial charge >= 0.3 is 5.70 Å². The van der Waals surface area contributed by atoms with Crippen molar-refractivity contribution in [1.82, 2.24) is 30.0 Å². The minimum atomic E-state index is -0.458. The van der Waals surface area contributed by atoms with E-state index in [1.165, 1.54) is 22.7 Å². The predicted molar refractivity (Wildman–Crippen MR) is 165 cm³/mol. The van der Waals surface area contributed by atoms with E-state index in [1.54, 1.807) is 12.4 Å². The van der Waals surface area contributed by atoms with E-state index in [2.05, 4.69) is 20.2 Å². The minimum Gasteiger partial charge on any atom is -0.365 e. The number of halogens is 2. The van der Waals surface area contributed by atoms with Crippen molar-refractivity contribution >= 4 is 58.4 Å². The summed E-state index contributed by atoms with van der Waals surface area (Å²) in [6.07, 6.45) is 7.79. The standard InChI is InChI=1S/C12H13ClN4O3S.C8H9ClN4O2S.C4H6O2.CH4/c13-12-14-5-7(21-12)6-15-3-4-16-9-2-1-8(20-9)10(11(15)16)17(18)19;9-8-11-3-6(16-8)4-12-2-1-10-7(12)5-13(14)15;5-3-1-2-4-6;/h5,8-9H,1-4,6H2;3,5,10H,1-2,4H2;3-4H,1-2H2;1H4/b;7-5+;;/t8-,9+;;;/m1.../s1. The van der Waals surface area contributed by atoms with Crippen molar-refractivity contribution in [3.63, 3.8) is 0 Å². The summed E-state index contributed by atoms with van der Waals surface area (Å²) in [6.45, 7) is 4.18. The number of unbranched alkanes of at least 4 members (excludes halogenated alkanes) is 1. The van der Waals surface area contributed by atoms with Gasteiger partial charge in [-0.25, -0.2) is 9.97 Å². The fraction of sp³-hybridized carbons (Fsp3) is 0.520. The van der Waals surface area contributed by atoms with Crippen LogP contribution in [0, 0.1) is 20.2 Å². The molecule has 2 atom stereocenters. The van der Waals surface area contributed by atoms with Crippen LogP contribution in [-0.2, 0) is 27.4 Å². The molecule has 0 amide bonds. The van der Waals surface area contributed by atoms with E-state index in [0.717, 1.165) is 66.8 Å². The first kappa shape index (κ1) is 35.1. The van der Waals surface area contributed by atoms with Crippen molar-refractivity contribution in [2.24, 2.45) is 0 Å². The lowest BCUT2D eigenvalue weighted by molar-refractivity contribution is -0.443. The lowest BCUT2D eigenvalue weighted by Crippen LogP contribution is -2.41. The van der Waals surface area contributed by atoms with Crippen LogP contribution in [-0.4, -0.2) is 85.6 Å². The SMILES string of the molecule is C.O=CCCC=O.O=[N+]([O-])/C=C1\NCCN1Cc1cnc(Cl)s1.O=[N+]([O-])C1=C2N(Cc3cnc(Cl)s3)CCN2[C@@H]2CC[C@H]1O2. The van der Waals surface area contributed by atoms with Gasteiger partial charge in [0.05, 0.1) is 22.9 Å². The Morgan fingerprint density at radius 2 is 1.59 bits per heavy atom. The van der Waals surface area contributed by atoms with Gasteiger partial charge in [0.2, 0.25) is 0 Å². The van der Waals surface area contributed by atoms with Crippen LogP contribution in [0.1, 0.15) is 42.9 Å². The Morgan fingerprint density at radius 3 is 2.11 bits per heavy atom. The zero-order chi connectivity index (χ0) is 30.9. The average Bonchev–Trinajstić information content (AvgIpc) is 3.80. The molecule has 2 aromatic heterocycles. The lowest BCUT2D eigenvalue weighted by atomic mass is 10.2. The van der Waals surface area contributed by atoms with Gasteiger partial charge in [0, 0.05) is 61.2 Å². The number of aromatic nitrogens is 2. The number of rotatable bonds is 9. The number of thiazole rings is 2. The number of fused-ring (bicyclic) bond motifs is 4. The molecule has 0 saturated carbocycles. The molecule has 4 aliphatic heterocycles. The molecule has 6 rings (SSSR count). The molecule has 44 heavy (non-hydrogen) atoms. The van der Waals surface area contributed by atoms with E-state index in [0.29, 0.717) is 47.2 Å². The van der Waals surface area contributed by atoms with Gasteiger partial charge in [-0.3, -0.25) is 20.2 Å². The quantitative estimate of drug-likeness (QED) is 0.173. The molecule has 15 nitrogen and oxygen atoms in total. The van der Waals surface area contributed by atoms with Gasteiger partial charge in [-0.1, -0.05) is 30.6 Å². The monoisotopic (exact) mass is 690 g/mol. The van der Waals surface area contributed by atoms with Crippen LogP contribution in [0.25, 0.3) is 0 Å². The van der Waals surface area contributed by atoms with E-state index in [1.807, 2.05) is 9.80 Å². The summed E-state index contributed by atoms with van der Waals surface area (Å²) in [5.41, 5.74) is 0.205. The number of aldehydes is 2. The van der Waals surface area contributed by atoms with E-state index in [4.69, 9.17) is 27.9 Å². The molecule has 0 aromatic carbocycles. The highest BCUT2D eigenvalue weighted by Gasteiger charge is 2.50. The van der Waals surface area contributed by atoms with Crippen molar-refractivity contribution < 1.29 is 24.2 Å². The van der Waals surface area contributed by atoms with Crippen LogP contribution in [0.2, 0.25) is 8.93 Å². The fourth-order valence-corrected chi connectivity index (χ4v) is 6.91. The van der Waals surface area contributed by atoms with Crippen LogP contribution in [0.5, 0.6) is 0 Å². The topological polar surface area (TPSA) is 177 Å². The highest BCUT2D eigenvalue weighted by atomic mass is 35.5. The van der Waals surface area contributed by atoms with Crippen molar-refractivity contribution in [1.29, 1.82) is 0 Å². The Hall–Kier alpha value is -3.38. The Kier molecular flexibility index (Phi) is 13.3. The Labute approximate surface area is 271 Å². The molecule has 6 heterocycles. The maximum absolute atomic E-state index is 11.5. The number of ether oxygens (including phenoxy) is 1. The number of carbonyl (C=O) groups is 2. The van der Waals surface area contributed by atoms with Crippen molar-refractivity contribution in [3.05, 3.63) is 74.8 Å². The Morgan fingerprint density at radius 1 is 0.977 bits per heavy atom. The van der Waals surface area contributed by atoms with Gasteiger partial charge in [-0.05, 0) is 12.8 Å². The molecule has 4 aliphatic rings. The smallest absolute Gasteiger partial charge is 0.314 e. The van der Waals surface area contributed by atoms with E-state index >= 15 is 0 Å². The molecular weight excluding hydrogens is 659 g/mol. The number of nitrogens with one attached hydrogen (secondary N) is 1. The molecule has 0 unspecified atom stereocenters. The first-order chi connectivity index (χ1) is 20.7. The molecule has 0 spiro atoms. The Balaban J connectivity index is 0.000000205. The van der Waals surface area contributed by atoms with Crippen LogP contribution in [0.15, 0.2) is 35.9 Å². The van der Waals surface area contributed by atoms with E-state index in [-0.39, 0.29) is 30.4 Å². The highest BCUT2D eigenvalue weighted by molar-refractivity contribution is 7.16. The Bertz CT molecular complexity index is 1380. The zero-order valence-electron chi connectivity index (χ0n) is 22.7. The van der Waals surface area contributed by atoms with Crippen LogP contribution in [0.4, 0.5) is 0 Å². The third-order valence-electron chi connectivity index (χ3n) is 6.66. The molecule has 19 heteroatoms. The summed E-state index contributed by atoms with van der Waals surface area (Å²) in [5.74, 6) is 1.26. The molecule has 240 valence electrons. The molecule has 0 radical (unpaired) electrons. The van der Waals surface area contributed by atoms with Gasteiger partial charge in [-0.15, -0.1) is 22.7 Å². The normalized spacial score (nSPS) is 20.6. The number of carbonyl (C=O) groups excluding carboxylic acids is 2. The molecule has 0 aliphatic carbocycles. The van der Waals surface area contributed by atoms with E-state index < -0.39 is 4.92 Å². The lowest BCUT2D eigenvalue weighted by Gasteiger charge is -2.32. The summed E-state index contributed by atoms with van der Waals surface area (Å²) in [4.78, 5) is 55.9. The van der Waals surface area contributed by atoms with Crippen molar-refractivity contribution in [2.75, 3.05) is 26.2 Å². The van der Waals surface area contributed by atoms with Gasteiger partial charge in [0.15, 0.2) is 26.7 Å². The first-order valence-electron chi connectivity index (χ1n) is 13.2. The van der Waals surface area contributed by atoms with Gasteiger partial charge in [0.1, 0.15) is 18.8 Å². The number of hydrogen-bond acceptors (Lipinski definition) is 15. The number of hydrogen-bond donors (Lipinski definition) is 1. The molecule has 3 fully saturated rings. The molecule has 2 bridgehead atoms.